The summed E-state index contributed by atoms with van der Waals surface area (Å²) < 4.78 is 49.9. The van der Waals surface area contributed by atoms with E-state index >= 15 is 0 Å². The standard InChI is InChI=1S/C25H33N6O9P/c1-5-35-21-17-20(28-24(26)29-21)31(13-27-17)22-18-19(32)25(39-22,11-36-18)12-37-41(34,40-16-9-7-6-8-10-16)30-15(4)23(33)38-14(2)3/h6-10,13-15,18-19,22,32H,5,11-12H2,1-4H3,(H,30,34)(H2,26,28,29)/t15-,18+,19-,22?,25+,41-/m0/s1. The summed E-state index contributed by atoms with van der Waals surface area (Å²) in [6.07, 6.45) is -1.80. The Morgan fingerprint density at radius 1 is 1.29 bits per heavy atom. The van der Waals surface area contributed by atoms with Gasteiger partial charge in [0.05, 0.1) is 32.3 Å². The van der Waals surface area contributed by atoms with Crippen LogP contribution in [0.3, 0.4) is 0 Å². The average molecular weight is 593 g/mol. The van der Waals surface area contributed by atoms with E-state index in [9.17, 15) is 14.5 Å². The summed E-state index contributed by atoms with van der Waals surface area (Å²) in [5.41, 5.74) is 5.15. The second-order valence-electron chi connectivity index (χ2n) is 9.95. The lowest BCUT2D eigenvalue weighted by molar-refractivity contribution is -0.183. The summed E-state index contributed by atoms with van der Waals surface area (Å²) in [6, 6.07) is 7.30. The van der Waals surface area contributed by atoms with Crippen LogP contribution < -0.4 is 20.1 Å². The molecule has 1 unspecified atom stereocenters. The predicted octanol–water partition coefficient (Wildman–Crippen LogP) is 1.97. The number of imidazole rings is 1. The number of nitrogens with two attached hydrogens (primary N) is 1. The van der Waals surface area contributed by atoms with Gasteiger partial charge in [0, 0.05) is 0 Å². The van der Waals surface area contributed by atoms with Gasteiger partial charge in [0.15, 0.2) is 17.4 Å². The number of ether oxygens (including phenoxy) is 4. The molecule has 2 aliphatic heterocycles. The number of aromatic nitrogens is 4. The third-order valence-electron chi connectivity index (χ3n) is 6.47. The molecule has 0 spiro atoms. The number of esters is 1. The van der Waals surface area contributed by atoms with Crippen LogP contribution >= 0.6 is 7.75 Å². The van der Waals surface area contributed by atoms with Crippen LogP contribution in [0.25, 0.3) is 11.2 Å². The van der Waals surface area contributed by atoms with E-state index < -0.39 is 50.4 Å². The van der Waals surface area contributed by atoms with E-state index in [0.717, 1.165) is 0 Å². The quantitative estimate of drug-likeness (QED) is 0.204. The number of hydrogen-bond acceptors (Lipinski definition) is 13. The second-order valence-corrected chi connectivity index (χ2v) is 11.6. The van der Waals surface area contributed by atoms with Crippen molar-refractivity contribution in [1.82, 2.24) is 24.6 Å². The fourth-order valence-corrected chi connectivity index (χ4v) is 6.15. The number of nitrogens with zero attached hydrogens (tertiary/aromatic N) is 4. The van der Waals surface area contributed by atoms with Crippen molar-refractivity contribution in [3.63, 3.8) is 0 Å². The zero-order valence-corrected chi connectivity index (χ0v) is 23.9. The van der Waals surface area contributed by atoms with Gasteiger partial charge in [0.1, 0.15) is 29.6 Å². The Morgan fingerprint density at radius 2 is 2.05 bits per heavy atom. The number of hydrogen-bond donors (Lipinski definition) is 3. The lowest BCUT2D eigenvalue weighted by Gasteiger charge is -2.32. The minimum Gasteiger partial charge on any atom is -0.476 e. The molecule has 16 heteroatoms. The van der Waals surface area contributed by atoms with E-state index in [1.54, 1.807) is 55.7 Å². The second kappa shape index (κ2) is 11.5. The number of para-hydroxylation sites is 1. The molecule has 2 aromatic heterocycles. The SMILES string of the molecule is CCOc1nc(N)nc2c1ncn2C1O[C@@]2(CO[P@@](=O)(N[C@@H](C)C(=O)OC(C)C)Oc3ccccc3)CO[C@@H]1[C@@H]2O. The Bertz CT molecular complexity index is 1440. The molecule has 0 saturated carbocycles. The monoisotopic (exact) mass is 592 g/mol. The molecule has 0 aliphatic carbocycles. The van der Waals surface area contributed by atoms with Gasteiger partial charge in [-0.3, -0.25) is 13.9 Å². The third-order valence-corrected chi connectivity index (χ3v) is 8.10. The largest absolute Gasteiger partial charge is 0.476 e. The zero-order valence-electron chi connectivity index (χ0n) is 23.0. The van der Waals surface area contributed by atoms with Crippen molar-refractivity contribution >= 4 is 30.8 Å². The van der Waals surface area contributed by atoms with Crippen molar-refractivity contribution < 1.29 is 42.5 Å². The van der Waals surface area contributed by atoms with Gasteiger partial charge in [-0.05, 0) is 39.8 Å². The Labute approximate surface area is 235 Å². The molecule has 41 heavy (non-hydrogen) atoms. The lowest BCUT2D eigenvalue weighted by atomic mass is 10.0. The molecule has 3 aromatic rings. The number of carbonyl (C=O) groups is 1. The normalized spacial score (nSPS) is 25.8. The van der Waals surface area contributed by atoms with Crippen LogP contribution in [0.1, 0.15) is 33.9 Å². The maximum atomic E-state index is 13.9. The third kappa shape index (κ3) is 5.87. The molecule has 0 radical (unpaired) electrons. The van der Waals surface area contributed by atoms with E-state index in [0.29, 0.717) is 17.8 Å². The summed E-state index contributed by atoms with van der Waals surface area (Å²) in [4.78, 5) is 25.2. The molecule has 5 rings (SSSR count). The highest BCUT2D eigenvalue weighted by molar-refractivity contribution is 7.52. The molecule has 4 N–H and O–H groups in total. The molecule has 2 saturated heterocycles. The first-order chi connectivity index (χ1) is 19.5. The minimum atomic E-state index is -4.22. The van der Waals surface area contributed by atoms with Crippen LogP contribution in [0.2, 0.25) is 0 Å². The van der Waals surface area contributed by atoms with Crippen LogP contribution in [0.5, 0.6) is 11.6 Å². The van der Waals surface area contributed by atoms with Crippen molar-refractivity contribution in [2.45, 2.75) is 63.9 Å². The van der Waals surface area contributed by atoms with Crippen molar-refractivity contribution in [3.05, 3.63) is 36.7 Å². The summed E-state index contributed by atoms with van der Waals surface area (Å²) in [6.45, 7) is 6.57. The van der Waals surface area contributed by atoms with E-state index in [4.69, 9.17) is 33.7 Å². The Kier molecular flexibility index (Phi) is 8.19. The first-order valence-electron chi connectivity index (χ1n) is 13.1. The van der Waals surface area contributed by atoms with Gasteiger partial charge >= 0.3 is 13.7 Å². The van der Waals surface area contributed by atoms with Crippen LogP contribution in [0.15, 0.2) is 36.7 Å². The Hall–Kier alpha value is -3.33. The number of aliphatic hydroxyl groups is 1. The smallest absolute Gasteiger partial charge is 0.459 e. The molecule has 2 fully saturated rings. The number of aliphatic hydroxyl groups excluding tert-OH is 1. The number of fused-ring (bicyclic) bond motifs is 3. The van der Waals surface area contributed by atoms with Crippen LogP contribution in [0.4, 0.5) is 5.95 Å². The predicted molar refractivity (Wildman–Crippen MR) is 144 cm³/mol. The lowest BCUT2D eigenvalue weighted by Crippen LogP contribution is -2.46. The number of benzene rings is 1. The number of nitrogen functional groups attached to an aromatic ring is 1. The van der Waals surface area contributed by atoms with Crippen molar-refractivity contribution in [2.24, 2.45) is 0 Å². The molecule has 15 nitrogen and oxygen atoms in total. The van der Waals surface area contributed by atoms with Crippen LogP contribution in [-0.4, -0.2) is 80.4 Å². The van der Waals surface area contributed by atoms with Gasteiger partial charge in [-0.25, -0.2) is 9.55 Å². The van der Waals surface area contributed by atoms with Gasteiger partial charge in [-0.2, -0.15) is 15.1 Å². The highest BCUT2D eigenvalue weighted by Crippen LogP contribution is 2.51. The van der Waals surface area contributed by atoms with Gasteiger partial charge in [-0.15, -0.1) is 0 Å². The summed E-state index contributed by atoms with van der Waals surface area (Å²) >= 11 is 0. The summed E-state index contributed by atoms with van der Waals surface area (Å²) in [5, 5.41) is 13.8. The molecular formula is C25H33N6O9P. The van der Waals surface area contributed by atoms with Gasteiger partial charge < -0.3 is 34.3 Å². The molecule has 2 aliphatic rings. The Balaban J connectivity index is 1.38. The number of rotatable bonds is 12. The van der Waals surface area contributed by atoms with E-state index in [-0.39, 0.29) is 30.3 Å². The maximum Gasteiger partial charge on any atom is 0.459 e. The molecule has 1 aromatic carbocycles. The maximum absolute atomic E-state index is 13.9. The van der Waals surface area contributed by atoms with Crippen molar-refractivity contribution in [3.8, 4) is 11.6 Å². The average Bonchev–Trinajstić information content (AvgIpc) is 3.57. The first kappa shape index (κ1) is 29.2. The number of nitrogens with one attached hydrogen (secondary N) is 1. The first-order valence-corrected chi connectivity index (χ1v) is 14.7. The van der Waals surface area contributed by atoms with Gasteiger partial charge in [0.25, 0.3) is 0 Å². The van der Waals surface area contributed by atoms with Crippen molar-refractivity contribution in [2.75, 3.05) is 25.6 Å². The minimum absolute atomic E-state index is 0.0273. The van der Waals surface area contributed by atoms with E-state index in [1.807, 2.05) is 0 Å². The topological polar surface area (TPSA) is 191 Å². The molecule has 222 valence electrons. The number of anilines is 1. The van der Waals surface area contributed by atoms with Gasteiger partial charge in [0.2, 0.25) is 11.8 Å². The van der Waals surface area contributed by atoms with E-state index in [1.165, 1.54) is 13.3 Å². The molecule has 4 heterocycles. The van der Waals surface area contributed by atoms with Crippen LogP contribution in [0, 0.1) is 0 Å². The summed E-state index contributed by atoms with van der Waals surface area (Å²) in [5.74, 6) is -0.212. The van der Waals surface area contributed by atoms with E-state index in [2.05, 4.69) is 20.0 Å². The van der Waals surface area contributed by atoms with Gasteiger partial charge in [-0.1, -0.05) is 18.2 Å². The molecule has 6 atom stereocenters. The number of carbonyl (C=O) groups excluding carboxylic acids is 1. The molecule has 0 amide bonds. The highest BCUT2D eigenvalue weighted by Gasteiger charge is 2.63. The zero-order chi connectivity index (χ0) is 29.4. The van der Waals surface area contributed by atoms with Crippen molar-refractivity contribution in [1.29, 1.82) is 0 Å². The van der Waals surface area contributed by atoms with Crippen LogP contribution in [-0.2, 0) is 28.1 Å². The Morgan fingerprint density at radius 3 is 2.76 bits per heavy atom. The summed E-state index contributed by atoms with van der Waals surface area (Å²) in [7, 11) is -4.22. The fourth-order valence-electron chi connectivity index (χ4n) is 4.60. The molecule has 2 bridgehead atoms. The highest BCUT2D eigenvalue weighted by atomic mass is 31.2. The molecular weight excluding hydrogens is 559 g/mol. The fraction of sp³-hybridized carbons (Fsp3) is 0.520.